The molecule has 1 heterocycles. The Morgan fingerprint density at radius 3 is 2.59 bits per heavy atom. The number of nitrogen functional groups attached to an aromatic ring is 1. The predicted molar refractivity (Wildman–Crippen MR) is 69.2 cm³/mol. The predicted octanol–water partition coefficient (Wildman–Crippen LogP) is 3.54. The van der Waals surface area contributed by atoms with Crippen LogP contribution in [-0.4, -0.2) is 4.98 Å². The van der Waals surface area contributed by atoms with Crippen molar-refractivity contribution < 1.29 is 4.74 Å². The number of nitrogens with two attached hydrogens (primary N) is 1. The Morgan fingerprint density at radius 1 is 0.941 bits per heavy atom. The van der Waals surface area contributed by atoms with Crippen molar-refractivity contribution in [1.29, 1.82) is 0 Å². The topological polar surface area (TPSA) is 51.0 Å². The molecular weight excluding hydrogens is 212 g/mol. The van der Waals surface area contributed by atoms with E-state index < -0.39 is 0 Å². The number of ether oxygens (including phenoxy) is 1. The molecule has 1 aromatic heterocycles. The van der Waals surface area contributed by atoms with Crippen LogP contribution in [0.3, 0.4) is 0 Å². The summed E-state index contributed by atoms with van der Waals surface area (Å²) < 4.78 is 5.74. The van der Waals surface area contributed by atoms with Gasteiger partial charge in [0, 0.05) is 17.1 Å². The molecule has 0 fully saturated rings. The summed E-state index contributed by atoms with van der Waals surface area (Å²) in [5.41, 5.74) is 7.60. The van der Waals surface area contributed by atoms with Gasteiger partial charge in [-0.2, -0.15) is 0 Å². The summed E-state index contributed by atoms with van der Waals surface area (Å²) in [7, 11) is 0. The molecule has 0 saturated carbocycles. The van der Waals surface area contributed by atoms with Crippen molar-refractivity contribution in [2.45, 2.75) is 0 Å². The van der Waals surface area contributed by atoms with Crippen molar-refractivity contribution in [2.24, 2.45) is 0 Å². The molecule has 0 spiro atoms. The summed E-state index contributed by atoms with van der Waals surface area (Å²) in [6.45, 7) is 0. The molecule has 0 aliphatic rings. The number of anilines is 1. The molecule has 3 nitrogen and oxygen atoms in total. The van der Waals surface area contributed by atoms with Crippen LogP contribution in [0.25, 0.3) is 10.9 Å². The molecule has 0 unspecified atom stereocenters. The monoisotopic (exact) mass is 224 g/mol. The number of para-hydroxylation sites is 1. The lowest BCUT2D eigenvalue weighted by Gasteiger charge is -2.05. The summed E-state index contributed by atoms with van der Waals surface area (Å²) in [5, 5.41) is 0.985. The van der Waals surface area contributed by atoms with Crippen molar-refractivity contribution in [1.82, 2.24) is 4.98 Å². The highest BCUT2D eigenvalue weighted by Crippen LogP contribution is 2.28. The summed E-state index contributed by atoms with van der Waals surface area (Å²) in [4.78, 5) is 3.10. The molecule has 0 atom stereocenters. The molecule has 17 heavy (non-hydrogen) atoms. The lowest BCUT2D eigenvalue weighted by molar-refractivity contribution is 0.483. The maximum atomic E-state index is 5.85. The summed E-state index contributed by atoms with van der Waals surface area (Å²) in [6, 6.07) is 15.5. The van der Waals surface area contributed by atoms with E-state index in [2.05, 4.69) is 4.98 Å². The van der Waals surface area contributed by atoms with Crippen molar-refractivity contribution in [3.8, 4) is 11.5 Å². The fraction of sp³-hybridized carbons (Fsp3) is 0. The van der Waals surface area contributed by atoms with Crippen LogP contribution in [-0.2, 0) is 0 Å². The van der Waals surface area contributed by atoms with E-state index in [0.29, 0.717) is 0 Å². The molecule has 3 rings (SSSR count). The maximum Gasteiger partial charge on any atom is 0.128 e. The molecule has 3 aromatic rings. The van der Waals surface area contributed by atoms with Crippen LogP contribution in [0.15, 0.2) is 54.7 Å². The Morgan fingerprint density at radius 2 is 1.76 bits per heavy atom. The van der Waals surface area contributed by atoms with Gasteiger partial charge in [-0.25, -0.2) is 0 Å². The van der Waals surface area contributed by atoms with Crippen LogP contribution < -0.4 is 10.5 Å². The number of aromatic amines is 1. The van der Waals surface area contributed by atoms with E-state index in [1.54, 1.807) is 6.20 Å². The largest absolute Gasteiger partial charge is 0.457 e. The van der Waals surface area contributed by atoms with E-state index >= 15 is 0 Å². The minimum absolute atomic E-state index is 0.735. The second-order valence-electron chi connectivity index (χ2n) is 3.87. The average Bonchev–Trinajstić information content (AvgIpc) is 2.73. The van der Waals surface area contributed by atoms with E-state index in [1.807, 2.05) is 48.5 Å². The summed E-state index contributed by atoms with van der Waals surface area (Å²) in [6.07, 6.45) is 1.79. The highest BCUT2D eigenvalue weighted by Gasteiger charge is 2.02. The molecule has 0 bridgehead atoms. The van der Waals surface area contributed by atoms with Gasteiger partial charge in [-0.15, -0.1) is 0 Å². The quantitative estimate of drug-likeness (QED) is 0.699. The van der Waals surface area contributed by atoms with E-state index in [-0.39, 0.29) is 0 Å². The normalized spacial score (nSPS) is 10.6. The minimum Gasteiger partial charge on any atom is -0.457 e. The first kappa shape index (κ1) is 9.78. The molecule has 3 N–H and O–H groups in total. The third-order valence-electron chi connectivity index (χ3n) is 2.66. The summed E-state index contributed by atoms with van der Waals surface area (Å²) in [5.74, 6) is 1.61. The van der Waals surface area contributed by atoms with Crippen molar-refractivity contribution in [3.63, 3.8) is 0 Å². The number of hydrogen-bond donors (Lipinski definition) is 2. The van der Waals surface area contributed by atoms with E-state index in [4.69, 9.17) is 10.5 Å². The van der Waals surface area contributed by atoms with Gasteiger partial charge in [0.15, 0.2) is 0 Å². The lowest BCUT2D eigenvalue weighted by Crippen LogP contribution is -1.84. The Hall–Kier alpha value is -2.42. The second-order valence-corrected chi connectivity index (χ2v) is 3.87. The molecule has 0 aliphatic heterocycles. The third-order valence-corrected chi connectivity index (χ3v) is 2.66. The van der Waals surface area contributed by atoms with Gasteiger partial charge >= 0.3 is 0 Å². The standard InChI is InChI=1S/C14H12N2O/c15-13-9-16-14-7-6-11(8-12(13)14)17-10-4-2-1-3-5-10/h1-9,16H,15H2. The highest BCUT2D eigenvalue weighted by molar-refractivity contribution is 5.92. The molecule has 0 saturated heterocycles. The van der Waals surface area contributed by atoms with Gasteiger partial charge in [-0.1, -0.05) is 18.2 Å². The fourth-order valence-electron chi connectivity index (χ4n) is 1.81. The lowest BCUT2D eigenvalue weighted by atomic mass is 10.2. The first-order valence-electron chi connectivity index (χ1n) is 5.42. The molecule has 3 heteroatoms. The van der Waals surface area contributed by atoms with E-state index in [1.165, 1.54) is 0 Å². The van der Waals surface area contributed by atoms with Crippen LogP contribution in [0.5, 0.6) is 11.5 Å². The zero-order chi connectivity index (χ0) is 11.7. The van der Waals surface area contributed by atoms with Crippen LogP contribution in [0.4, 0.5) is 5.69 Å². The molecule has 84 valence electrons. The summed E-state index contributed by atoms with van der Waals surface area (Å²) >= 11 is 0. The molecular formula is C14H12N2O. The smallest absolute Gasteiger partial charge is 0.128 e. The van der Waals surface area contributed by atoms with Crippen molar-refractivity contribution in [3.05, 3.63) is 54.7 Å². The van der Waals surface area contributed by atoms with Gasteiger partial charge in [0.1, 0.15) is 11.5 Å². The zero-order valence-corrected chi connectivity index (χ0v) is 9.18. The van der Waals surface area contributed by atoms with Gasteiger partial charge < -0.3 is 15.5 Å². The van der Waals surface area contributed by atoms with Crippen LogP contribution in [0.2, 0.25) is 0 Å². The first-order valence-corrected chi connectivity index (χ1v) is 5.42. The van der Waals surface area contributed by atoms with E-state index in [9.17, 15) is 0 Å². The van der Waals surface area contributed by atoms with Gasteiger partial charge in [0.25, 0.3) is 0 Å². The maximum absolute atomic E-state index is 5.85. The fourth-order valence-corrected chi connectivity index (χ4v) is 1.81. The number of aromatic nitrogens is 1. The highest BCUT2D eigenvalue weighted by atomic mass is 16.5. The SMILES string of the molecule is Nc1c[nH]c2ccc(Oc3ccccc3)cc12. The van der Waals surface area contributed by atoms with Gasteiger partial charge in [-0.05, 0) is 30.3 Å². The molecule has 2 aromatic carbocycles. The average molecular weight is 224 g/mol. The Balaban J connectivity index is 1.98. The third kappa shape index (κ3) is 1.83. The van der Waals surface area contributed by atoms with Crippen LogP contribution >= 0.6 is 0 Å². The van der Waals surface area contributed by atoms with Crippen LogP contribution in [0, 0.1) is 0 Å². The van der Waals surface area contributed by atoms with Crippen molar-refractivity contribution in [2.75, 3.05) is 5.73 Å². The molecule has 0 amide bonds. The van der Waals surface area contributed by atoms with E-state index in [0.717, 1.165) is 28.1 Å². The Labute approximate surface area is 98.8 Å². The number of nitrogens with one attached hydrogen (secondary N) is 1. The van der Waals surface area contributed by atoms with Gasteiger partial charge in [0.2, 0.25) is 0 Å². The molecule has 0 radical (unpaired) electrons. The zero-order valence-electron chi connectivity index (χ0n) is 9.18. The number of fused-ring (bicyclic) bond motifs is 1. The number of benzene rings is 2. The van der Waals surface area contributed by atoms with Crippen molar-refractivity contribution >= 4 is 16.6 Å². The first-order chi connectivity index (χ1) is 8.33. The Bertz CT molecular complexity index is 644. The minimum atomic E-state index is 0.735. The van der Waals surface area contributed by atoms with Gasteiger partial charge in [0.05, 0.1) is 5.69 Å². The number of hydrogen-bond acceptors (Lipinski definition) is 2. The molecule has 0 aliphatic carbocycles. The van der Waals surface area contributed by atoms with Crippen LogP contribution in [0.1, 0.15) is 0 Å². The Kier molecular flexibility index (Phi) is 2.22. The number of H-pyrrole nitrogens is 1. The second kappa shape index (κ2) is 3.87. The number of rotatable bonds is 2. The van der Waals surface area contributed by atoms with Gasteiger partial charge in [-0.3, -0.25) is 0 Å².